The van der Waals surface area contributed by atoms with Crippen LogP contribution in [0.15, 0.2) is 36.7 Å². The second-order valence-corrected chi connectivity index (χ2v) is 5.05. The van der Waals surface area contributed by atoms with Gasteiger partial charge in [0.1, 0.15) is 0 Å². The molecule has 1 saturated heterocycles. The molecular formula is C15H14N2O3. The molecule has 20 heavy (non-hydrogen) atoms. The number of amides is 1. The van der Waals surface area contributed by atoms with E-state index >= 15 is 0 Å². The lowest BCUT2D eigenvalue weighted by Gasteiger charge is -2.24. The first-order chi connectivity index (χ1) is 9.59. The van der Waals surface area contributed by atoms with Crippen molar-refractivity contribution in [2.45, 2.75) is 12.5 Å². The Hall–Kier alpha value is -2.43. The normalized spacial score (nSPS) is 22.4. The van der Waals surface area contributed by atoms with Crippen LogP contribution in [0, 0.1) is 5.92 Å². The van der Waals surface area contributed by atoms with E-state index in [9.17, 15) is 14.7 Å². The van der Waals surface area contributed by atoms with Gasteiger partial charge in [-0.3, -0.25) is 14.6 Å². The first-order valence-electron chi connectivity index (χ1n) is 6.40. The number of aromatic nitrogens is 1. The topological polar surface area (TPSA) is 70.5 Å². The SMILES string of the molecule is CN1C(=O)CC(C(=O)O)C1c1cncc2ccccc12. The van der Waals surface area contributed by atoms with Crippen LogP contribution in [0.1, 0.15) is 18.0 Å². The predicted molar refractivity (Wildman–Crippen MR) is 73.0 cm³/mol. The van der Waals surface area contributed by atoms with Crippen molar-refractivity contribution < 1.29 is 14.7 Å². The van der Waals surface area contributed by atoms with Crippen LogP contribution in [-0.4, -0.2) is 33.9 Å². The lowest BCUT2D eigenvalue weighted by Crippen LogP contribution is -2.27. The summed E-state index contributed by atoms with van der Waals surface area (Å²) in [6, 6.07) is 7.21. The minimum absolute atomic E-state index is 0.0414. The molecule has 3 rings (SSSR count). The molecule has 2 atom stereocenters. The molecule has 1 aliphatic rings. The highest BCUT2D eigenvalue weighted by atomic mass is 16.4. The molecule has 1 aromatic carbocycles. The van der Waals surface area contributed by atoms with Crippen molar-refractivity contribution in [3.8, 4) is 0 Å². The number of aliphatic carboxylic acids is 1. The quantitative estimate of drug-likeness (QED) is 0.904. The summed E-state index contributed by atoms with van der Waals surface area (Å²) in [7, 11) is 1.65. The molecule has 2 heterocycles. The average Bonchev–Trinajstić information content (AvgIpc) is 2.75. The fourth-order valence-corrected chi connectivity index (χ4v) is 2.89. The zero-order valence-corrected chi connectivity index (χ0v) is 11.0. The molecule has 1 amide bonds. The Morgan fingerprint density at radius 2 is 2.10 bits per heavy atom. The molecule has 0 saturated carbocycles. The van der Waals surface area contributed by atoms with Gasteiger partial charge in [-0.25, -0.2) is 0 Å². The summed E-state index contributed by atoms with van der Waals surface area (Å²) in [6.45, 7) is 0. The van der Waals surface area contributed by atoms with Crippen LogP contribution in [0.2, 0.25) is 0 Å². The van der Waals surface area contributed by atoms with E-state index in [2.05, 4.69) is 4.98 Å². The number of carbonyl (C=O) groups excluding carboxylic acids is 1. The van der Waals surface area contributed by atoms with Crippen molar-refractivity contribution in [2.75, 3.05) is 7.05 Å². The number of carbonyl (C=O) groups is 2. The van der Waals surface area contributed by atoms with E-state index in [-0.39, 0.29) is 12.3 Å². The van der Waals surface area contributed by atoms with Gasteiger partial charge in [-0.05, 0) is 5.39 Å². The number of carboxylic acid groups (broad SMARTS) is 1. The zero-order chi connectivity index (χ0) is 14.3. The summed E-state index contributed by atoms with van der Waals surface area (Å²) in [5.74, 6) is -1.81. The van der Waals surface area contributed by atoms with Crippen LogP contribution in [0.5, 0.6) is 0 Å². The number of hydrogen-bond acceptors (Lipinski definition) is 3. The molecular weight excluding hydrogens is 256 g/mol. The Labute approximate surface area is 115 Å². The van der Waals surface area contributed by atoms with E-state index in [1.54, 1.807) is 19.4 Å². The molecule has 0 spiro atoms. The molecule has 0 radical (unpaired) electrons. The number of pyridine rings is 1. The van der Waals surface area contributed by atoms with Gasteiger partial charge in [0.15, 0.2) is 0 Å². The highest BCUT2D eigenvalue weighted by Gasteiger charge is 2.43. The van der Waals surface area contributed by atoms with Crippen LogP contribution in [0.4, 0.5) is 0 Å². The maximum absolute atomic E-state index is 11.9. The summed E-state index contributed by atoms with van der Waals surface area (Å²) < 4.78 is 0. The van der Waals surface area contributed by atoms with E-state index < -0.39 is 17.9 Å². The third-order valence-corrected chi connectivity index (χ3v) is 3.92. The van der Waals surface area contributed by atoms with Crippen molar-refractivity contribution in [2.24, 2.45) is 5.92 Å². The molecule has 2 unspecified atom stereocenters. The van der Waals surface area contributed by atoms with Crippen LogP contribution in [0.3, 0.4) is 0 Å². The zero-order valence-electron chi connectivity index (χ0n) is 11.0. The van der Waals surface area contributed by atoms with Crippen molar-refractivity contribution in [3.63, 3.8) is 0 Å². The van der Waals surface area contributed by atoms with Crippen molar-refractivity contribution >= 4 is 22.6 Å². The van der Waals surface area contributed by atoms with Crippen LogP contribution < -0.4 is 0 Å². The number of benzene rings is 1. The molecule has 5 nitrogen and oxygen atoms in total. The summed E-state index contributed by atoms with van der Waals surface area (Å²) in [4.78, 5) is 29.0. The van der Waals surface area contributed by atoms with E-state index in [4.69, 9.17) is 0 Å². The Bertz CT molecular complexity index is 693. The molecule has 1 aromatic heterocycles. The minimum atomic E-state index is -0.944. The number of nitrogens with zero attached hydrogens (tertiary/aromatic N) is 2. The second-order valence-electron chi connectivity index (χ2n) is 5.05. The monoisotopic (exact) mass is 270 g/mol. The highest BCUT2D eigenvalue weighted by Crippen LogP contribution is 2.39. The lowest BCUT2D eigenvalue weighted by atomic mass is 9.92. The molecule has 0 aliphatic carbocycles. The van der Waals surface area contributed by atoms with Gasteiger partial charge in [0, 0.05) is 36.8 Å². The van der Waals surface area contributed by atoms with Gasteiger partial charge < -0.3 is 10.0 Å². The molecule has 102 valence electrons. The van der Waals surface area contributed by atoms with Gasteiger partial charge in [0.05, 0.1) is 12.0 Å². The van der Waals surface area contributed by atoms with Crippen LogP contribution >= 0.6 is 0 Å². The Morgan fingerprint density at radius 3 is 2.85 bits per heavy atom. The molecule has 1 N–H and O–H groups in total. The molecule has 0 bridgehead atoms. The number of carboxylic acids is 1. The van der Waals surface area contributed by atoms with Crippen LogP contribution in [0.25, 0.3) is 10.8 Å². The van der Waals surface area contributed by atoms with Gasteiger partial charge >= 0.3 is 5.97 Å². The first-order valence-corrected chi connectivity index (χ1v) is 6.40. The summed E-state index contributed by atoms with van der Waals surface area (Å²) in [5.41, 5.74) is 0.795. The second kappa shape index (κ2) is 4.59. The van der Waals surface area contributed by atoms with E-state index in [1.165, 1.54) is 4.90 Å². The molecule has 5 heteroatoms. The number of fused-ring (bicyclic) bond motifs is 1. The fourth-order valence-electron chi connectivity index (χ4n) is 2.89. The standard InChI is InChI=1S/C15H14N2O3/c1-17-13(18)6-11(15(19)20)14(17)12-8-16-7-9-4-2-3-5-10(9)12/h2-5,7-8,11,14H,6H2,1H3,(H,19,20). The van der Waals surface area contributed by atoms with Gasteiger partial charge in [0.2, 0.25) is 5.91 Å². The van der Waals surface area contributed by atoms with Gasteiger partial charge in [-0.2, -0.15) is 0 Å². The number of rotatable bonds is 2. The largest absolute Gasteiger partial charge is 0.481 e. The summed E-state index contributed by atoms with van der Waals surface area (Å²) in [5, 5.41) is 11.2. The fraction of sp³-hybridized carbons (Fsp3) is 0.267. The third-order valence-electron chi connectivity index (χ3n) is 3.92. The van der Waals surface area contributed by atoms with Gasteiger partial charge in [0.25, 0.3) is 0 Å². The number of likely N-dealkylation sites (tertiary alicyclic amines) is 1. The molecule has 1 fully saturated rings. The summed E-state index contributed by atoms with van der Waals surface area (Å²) >= 11 is 0. The van der Waals surface area contributed by atoms with E-state index in [0.717, 1.165) is 16.3 Å². The smallest absolute Gasteiger partial charge is 0.309 e. The Morgan fingerprint density at radius 1 is 1.35 bits per heavy atom. The maximum Gasteiger partial charge on any atom is 0.309 e. The lowest BCUT2D eigenvalue weighted by molar-refractivity contribution is -0.142. The average molecular weight is 270 g/mol. The maximum atomic E-state index is 11.9. The van der Waals surface area contributed by atoms with E-state index in [0.29, 0.717) is 0 Å². The first kappa shape index (κ1) is 12.6. The summed E-state index contributed by atoms with van der Waals surface area (Å²) in [6.07, 6.45) is 3.45. The third kappa shape index (κ3) is 1.82. The van der Waals surface area contributed by atoms with Crippen molar-refractivity contribution in [3.05, 3.63) is 42.2 Å². The van der Waals surface area contributed by atoms with Crippen molar-refractivity contribution in [1.29, 1.82) is 0 Å². The molecule has 2 aromatic rings. The van der Waals surface area contributed by atoms with E-state index in [1.807, 2.05) is 24.3 Å². The Kier molecular flexibility index (Phi) is 2.89. The minimum Gasteiger partial charge on any atom is -0.481 e. The van der Waals surface area contributed by atoms with Gasteiger partial charge in [-0.15, -0.1) is 0 Å². The van der Waals surface area contributed by atoms with Crippen LogP contribution in [-0.2, 0) is 9.59 Å². The predicted octanol–water partition coefficient (Wildman–Crippen LogP) is 1.84. The highest BCUT2D eigenvalue weighted by molar-refractivity contribution is 5.91. The Balaban J connectivity index is 2.18. The molecule has 1 aliphatic heterocycles. The number of hydrogen-bond donors (Lipinski definition) is 1. The van der Waals surface area contributed by atoms with Crippen molar-refractivity contribution in [1.82, 2.24) is 9.88 Å². The van der Waals surface area contributed by atoms with Gasteiger partial charge in [-0.1, -0.05) is 24.3 Å².